The van der Waals surface area contributed by atoms with Gasteiger partial charge in [-0.3, -0.25) is 4.79 Å². The van der Waals surface area contributed by atoms with Crippen LogP contribution in [0.4, 0.5) is 0 Å². The number of methoxy groups -OCH3 is 1. The number of carbonyl (C=O) groups excluding carboxylic acids is 2. The van der Waals surface area contributed by atoms with Crippen molar-refractivity contribution in [3.63, 3.8) is 0 Å². The van der Waals surface area contributed by atoms with Crippen molar-refractivity contribution in [2.24, 2.45) is 5.92 Å². The smallest absolute Gasteiger partial charge is 0.338 e. The van der Waals surface area contributed by atoms with Gasteiger partial charge in [0.2, 0.25) is 11.7 Å². The highest BCUT2D eigenvalue weighted by molar-refractivity contribution is 6.05. The fourth-order valence-electron chi connectivity index (χ4n) is 4.06. The first-order valence-corrected chi connectivity index (χ1v) is 10.4. The number of hydrogen-bond acceptors (Lipinski definition) is 6. The van der Waals surface area contributed by atoms with Gasteiger partial charge in [0.25, 0.3) is 5.91 Å². The molecule has 1 saturated heterocycles. The number of rotatable bonds is 5. The molecule has 1 aromatic heterocycles. The summed E-state index contributed by atoms with van der Waals surface area (Å²) in [5.41, 5.74) is 2.71. The molecule has 2 aromatic carbocycles. The lowest BCUT2D eigenvalue weighted by Gasteiger charge is -2.32. The molecule has 2 heterocycles. The van der Waals surface area contributed by atoms with Crippen LogP contribution in [0, 0.1) is 12.8 Å². The monoisotopic (exact) mass is 419 g/mol. The summed E-state index contributed by atoms with van der Waals surface area (Å²) in [6.07, 6.45) is 2.47. The summed E-state index contributed by atoms with van der Waals surface area (Å²) in [5.74, 6) is 0.716. The highest BCUT2D eigenvalue weighted by Crippen LogP contribution is 2.25. The van der Waals surface area contributed by atoms with Crippen molar-refractivity contribution in [2.45, 2.75) is 26.2 Å². The SMILES string of the molecule is COC(=O)c1ccccc1C(=O)N1CCC[C@@H](Cc2nc(-c3ccccc3C)no2)C1. The molecular formula is C24H25N3O4. The van der Waals surface area contributed by atoms with Crippen molar-refractivity contribution in [1.82, 2.24) is 15.0 Å². The van der Waals surface area contributed by atoms with E-state index in [1.165, 1.54) is 7.11 Å². The molecule has 31 heavy (non-hydrogen) atoms. The minimum absolute atomic E-state index is 0.156. The summed E-state index contributed by atoms with van der Waals surface area (Å²) < 4.78 is 10.3. The van der Waals surface area contributed by atoms with Crippen molar-refractivity contribution in [3.8, 4) is 11.4 Å². The molecule has 0 bridgehead atoms. The van der Waals surface area contributed by atoms with Gasteiger partial charge < -0.3 is 14.2 Å². The van der Waals surface area contributed by atoms with Gasteiger partial charge in [-0.15, -0.1) is 0 Å². The number of aromatic nitrogens is 2. The van der Waals surface area contributed by atoms with Gasteiger partial charge in [-0.25, -0.2) is 4.79 Å². The Morgan fingerprint density at radius 3 is 2.65 bits per heavy atom. The van der Waals surface area contributed by atoms with E-state index in [-0.39, 0.29) is 17.4 Å². The summed E-state index contributed by atoms with van der Waals surface area (Å²) in [5, 5.41) is 4.14. The van der Waals surface area contributed by atoms with Crippen LogP contribution >= 0.6 is 0 Å². The molecular weight excluding hydrogens is 394 g/mol. The number of amides is 1. The Labute approximate surface area is 181 Å². The topological polar surface area (TPSA) is 85.5 Å². The number of carbonyl (C=O) groups is 2. The van der Waals surface area contributed by atoms with E-state index in [0.717, 1.165) is 24.0 Å². The average Bonchev–Trinajstić information content (AvgIpc) is 3.26. The number of aryl methyl sites for hydroxylation is 1. The maximum Gasteiger partial charge on any atom is 0.338 e. The Kier molecular flexibility index (Phi) is 6.11. The normalized spacial score (nSPS) is 16.2. The molecule has 1 atom stereocenters. The molecule has 0 radical (unpaired) electrons. The minimum Gasteiger partial charge on any atom is -0.465 e. The van der Waals surface area contributed by atoms with Crippen LogP contribution in [0.3, 0.4) is 0 Å². The fourth-order valence-corrected chi connectivity index (χ4v) is 4.06. The third-order valence-electron chi connectivity index (χ3n) is 5.69. The molecule has 0 unspecified atom stereocenters. The van der Waals surface area contributed by atoms with Gasteiger partial charge in [-0.2, -0.15) is 4.98 Å². The van der Waals surface area contributed by atoms with Crippen molar-refractivity contribution in [2.75, 3.05) is 20.2 Å². The first kappa shape index (κ1) is 20.8. The first-order valence-electron chi connectivity index (χ1n) is 10.4. The summed E-state index contributed by atoms with van der Waals surface area (Å²) in [7, 11) is 1.32. The van der Waals surface area contributed by atoms with Crippen LogP contribution < -0.4 is 0 Å². The molecule has 7 nitrogen and oxygen atoms in total. The van der Waals surface area contributed by atoms with Gasteiger partial charge in [0.05, 0.1) is 18.2 Å². The van der Waals surface area contributed by atoms with Crippen LogP contribution in [0.15, 0.2) is 53.1 Å². The van der Waals surface area contributed by atoms with E-state index in [4.69, 9.17) is 9.26 Å². The standard InChI is InChI=1S/C24H25N3O4/c1-16-8-3-4-10-18(16)22-25-21(31-26-22)14-17-9-7-13-27(15-17)23(28)19-11-5-6-12-20(19)24(29)30-2/h3-6,8,10-12,17H,7,9,13-15H2,1-2H3/t17-/m0/s1. The van der Waals surface area contributed by atoms with E-state index in [1.54, 1.807) is 29.2 Å². The fraction of sp³-hybridized carbons (Fsp3) is 0.333. The number of nitrogens with zero attached hydrogens (tertiary/aromatic N) is 3. The van der Waals surface area contributed by atoms with Gasteiger partial charge in [0, 0.05) is 25.1 Å². The number of ether oxygens (including phenoxy) is 1. The maximum atomic E-state index is 13.1. The number of piperidine rings is 1. The average molecular weight is 419 g/mol. The summed E-state index contributed by atoms with van der Waals surface area (Å²) >= 11 is 0. The van der Waals surface area contributed by atoms with Gasteiger partial charge in [0.1, 0.15) is 0 Å². The lowest BCUT2D eigenvalue weighted by Crippen LogP contribution is -2.41. The number of benzene rings is 2. The molecule has 1 aliphatic heterocycles. The minimum atomic E-state index is -0.507. The number of hydrogen-bond donors (Lipinski definition) is 0. The number of esters is 1. The van der Waals surface area contributed by atoms with E-state index < -0.39 is 5.97 Å². The Morgan fingerprint density at radius 1 is 1.13 bits per heavy atom. The zero-order valence-electron chi connectivity index (χ0n) is 17.7. The van der Waals surface area contributed by atoms with Crippen molar-refractivity contribution >= 4 is 11.9 Å². The van der Waals surface area contributed by atoms with Crippen molar-refractivity contribution in [3.05, 3.63) is 71.1 Å². The van der Waals surface area contributed by atoms with E-state index >= 15 is 0 Å². The predicted molar refractivity (Wildman–Crippen MR) is 115 cm³/mol. The van der Waals surface area contributed by atoms with Crippen molar-refractivity contribution < 1.29 is 18.8 Å². The van der Waals surface area contributed by atoms with Crippen molar-refractivity contribution in [1.29, 1.82) is 0 Å². The molecule has 0 N–H and O–H groups in total. The number of likely N-dealkylation sites (tertiary alicyclic amines) is 1. The molecule has 1 amide bonds. The molecule has 160 valence electrons. The Balaban J connectivity index is 1.46. The third kappa shape index (κ3) is 4.50. The molecule has 0 aliphatic carbocycles. The van der Waals surface area contributed by atoms with Gasteiger partial charge in [0.15, 0.2) is 0 Å². The third-order valence-corrected chi connectivity index (χ3v) is 5.69. The second-order valence-corrected chi connectivity index (χ2v) is 7.83. The van der Waals surface area contributed by atoms with E-state index in [1.807, 2.05) is 31.2 Å². The Morgan fingerprint density at radius 2 is 1.87 bits per heavy atom. The lowest BCUT2D eigenvalue weighted by molar-refractivity contribution is 0.0581. The highest BCUT2D eigenvalue weighted by atomic mass is 16.5. The van der Waals surface area contributed by atoms with Crippen LogP contribution in [0.1, 0.15) is 45.0 Å². The zero-order chi connectivity index (χ0) is 21.8. The lowest BCUT2D eigenvalue weighted by atomic mass is 9.94. The van der Waals surface area contributed by atoms with E-state index in [2.05, 4.69) is 10.1 Å². The van der Waals surface area contributed by atoms with Crippen LogP contribution in [0.2, 0.25) is 0 Å². The van der Waals surface area contributed by atoms with Crippen LogP contribution in [-0.4, -0.2) is 47.1 Å². The van der Waals surface area contributed by atoms with E-state index in [0.29, 0.717) is 36.8 Å². The summed E-state index contributed by atoms with van der Waals surface area (Å²) in [6, 6.07) is 14.7. The van der Waals surface area contributed by atoms with Gasteiger partial charge in [-0.05, 0) is 43.4 Å². The van der Waals surface area contributed by atoms with Crippen LogP contribution in [0.5, 0.6) is 0 Å². The highest BCUT2D eigenvalue weighted by Gasteiger charge is 2.28. The largest absolute Gasteiger partial charge is 0.465 e. The van der Waals surface area contributed by atoms with Crippen LogP contribution in [-0.2, 0) is 11.2 Å². The summed E-state index contributed by atoms with van der Waals surface area (Å²) in [4.78, 5) is 31.6. The van der Waals surface area contributed by atoms with E-state index in [9.17, 15) is 9.59 Å². The first-order chi connectivity index (χ1) is 15.1. The molecule has 0 spiro atoms. The molecule has 4 rings (SSSR count). The Hall–Kier alpha value is -3.48. The predicted octanol–water partition coefficient (Wildman–Crippen LogP) is 3.93. The van der Waals surface area contributed by atoms with Gasteiger partial charge >= 0.3 is 5.97 Å². The zero-order valence-corrected chi connectivity index (χ0v) is 17.7. The maximum absolute atomic E-state index is 13.1. The molecule has 3 aromatic rings. The Bertz CT molecular complexity index is 1090. The van der Waals surface area contributed by atoms with Crippen LogP contribution in [0.25, 0.3) is 11.4 Å². The molecule has 0 saturated carbocycles. The second kappa shape index (κ2) is 9.12. The molecule has 1 fully saturated rings. The molecule has 1 aliphatic rings. The quantitative estimate of drug-likeness (QED) is 0.583. The second-order valence-electron chi connectivity index (χ2n) is 7.83. The summed E-state index contributed by atoms with van der Waals surface area (Å²) in [6.45, 7) is 3.25. The van der Waals surface area contributed by atoms with Gasteiger partial charge in [-0.1, -0.05) is 41.6 Å². The molecule has 7 heteroatoms.